The first kappa shape index (κ1) is 14.3. The third-order valence-electron chi connectivity index (χ3n) is 2.59. The van der Waals surface area contributed by atoms with E-state index in [9.17, 15) is 4.79 Å². The van der Waals surface area contributed by atoms with E-state index >= 15 is 0 Å². The Bertz CT molecular complexity index is 602. The van der Waals surface area contributed by atoms with Crippen molar-refractivity contribution in [3.05, 3.63) is 35.0 Å². The summed E-state index contributed by atoms with van der Waals surface area (Å²) in [5, 5.41) is 23.0. The SMILES string of the molecule is CC(=O)Nc1c(C)ccc(NC=C(C#N)C#N)c1C. The van der Waals surface area contributed by atoms with Gasteiger partial charge in [0.15, 0.2) is 0 Å². The fraction of sp³-hybridized carbons (Fsp3) is 0.214. The zero-order chi connectivity index (χ0) is 14.4. The van der Waals surface area contributed by atoms with Gasteiger partial charge in [0.25, 0.3) is 0 Å². The van der Waals surface area contributed by atoms with Gasteiger partial charge >= 0.3 is 0 Å². The molecule has 1 aromatic carbocycles. The lowest BCUT2D eigenvalue weighted by molar-refractivity contribution is -0.114. The molecule has 0 aliphatic carbocycles. The van der Waals surface area contributed by atoms with Crippen molar-refractivity contribution < 1.29 is 4.79 Å². The fourth-order valence-electron chi connectivity index (χ4n) is 1.61. The molecule has 0 aliphatic rings. The van der Waals surface area contributed by atoms with Gasteiger partial charge in [0.05, 0.1) is 0 Å². The molecule has 19 heavy (non-hydrogen) atoms. The van der Waals surface area contributed by atoms with Gasteiger partial charge in [0.2, 0.25) is 5.91 Å². The minimum atomic E-state index is -0.145. The van der Waals surface area contributed by atoms with Crippen LogP contribution in [0, 0.1) is 36.5 Å². The van der Waals surface area contributed by atoms with Crippen LogP contribution >= 0.6 is 0 Å². The van der Waals surface area contributed by atoms with E-state index in [1.165, 1.54) is 13.1 Å². The van der Waals surface area contributed by atoms with Crippen LogP contribution in [0.2, 0.25) is 0 Å². The maximum Gasteiger partial charge on any atom is 0.221 e. The number of nitrogens with zero attached hydrogens (tertiary/aromatic N) is 2. The molecule has 0 aromatic heterocycles. The summed E-state index contributed by atoms with van der Waals surface area (Å²) >= 11 is 0. The van der Waals surface area contributed by atoms with Crippen LogP contribution in [0.15, 0.2) is 23.9 Å². The number of carbonyl (C=O) groups excluding carboxylic acids is 1. The van der Waals surface area contributed by atoms with Gasteiger partial charge in [-0.05, 0) is 31.0 Å². The van der Waals surface area contributed by atoms with E-state index in [4.69, 9.17) is 10.5 Å². The molecule has 0 unspecified atom stereocenters. The van der Waals surface area contributed by atoms with E-state index in [2.05, 4.69) is 10.6 Å². The summed E-state index contributed by atoms with van der Waals surface area (Å²) in [5.74, 6) is -0.145. The van der Waals surface area contributed by atoms with Crippen molar-refractivity contribution in [1.82, 2.24) is 0 Å². The Hall–Kier alpha value is -2.79. The van der Waals surface area contributed by atoms with Crippen molar-refractivity contribution >= 4 is 17.3 Å². The van der Waals surface area contributed by atoms with Gasteiger partial charge in [-0.2, -0.15) is 10.5 Å². The molecule has 5 heteroatoms. The van der Waals surface area contributed by atoms with Gasteiger partial charge < -0.3 is 10.6 Å². The van der Waals surface area contributed by atoms with E-state index < -0.39 is 0 Å². The molecule has 0 heterocycles. The fourth-order valence-corrected chi connectivity index (χ4v) is 1.61. The first-order chi connectivity index (χ1) is 8.99. The summed E-state index contributed by atoms with van der Waals surface area (Å²) in [6.45, 7) is 5.20. The highest BCUT2D eigenvalue weighted by atomic mass is 16.1. The van der Waals surface area contributed by atoms with Crippen molar-refractivity contribution in [1.29, 1.82) is 10.5 Å². The molecule has 0 fully saturated rings. The van der Waals surface area contributed by atoms with Crippen LogP contribution in [0.1, 0.15) is 18.1 Å². The van der Waals surface area contributed by atoms with Gasteiger partial charge in [-0.1, -0.05) is 6.07 Å². The Kier molecular flexibility index (Phi) is 4.68. The number of nitrogens with one attached hydrogen (secondary N) is 2. The highest BCUT2D eigenvalue weighted by Gasteiger charge is 2.08. The van der Waals surface area contributed by atoms with Crippen LogP contribution in [0.25, 0.3) is 0 Å². The number of allylic oxidation sites excluding steroid dienone is 1. The van der Waals surface area contributed by atoms with E-state index in [0.717, 1.165) is 22.5 Å². The molecule has 96 valence electrons. The number of benzene rings is 1. The average Bonchev–Trinajstić information content (AvgIpc) is 2.37. The Morgan fingerprint density at radius 3 is 2.42 bits per heavy atom. The second kappa shape index (κ2) is 6.23. The first-order valence-electron chi connectivity index (χ1n) is 5.64. The molecule has 0 bridgehead atoms. The summed E-state index contributed by atoms with van der Waals surface area (Å²) in [4.78, 5) is 11.2. The lowest BCUT2D eigenvalue weighted by atomic mass is 10.1. The van der Waals surface area contributed by atoms with E-state index in [1.54, 1.807) is 12.1 Å². The molecule has 0 spiro atoms. The van der Waals surface area contributed by atoms with Crippen LogP contribution in [0.4, 0.5) is 11.4 Å². The highest BCUT2D eigenvalue weighted by molar-refractivity contribution is 5.91. The number of nitriles is 2. The minimum Gasteiger partial charge on any atom is -0.360 e. The van der Waals surface area contributed by atoms with E-state index in [-0.39, 0.29) is 11.5 Å². The van der Waals surface area contributed by atoms with Crippen LogP contribution in [-0.2, 0) is 4.79 Å². The van der Waals surface area contributed by atoms with Gasteiger partial charge in [0, 0.05) is 24.5 Å². The Morgan fingerprint density at radius 1 is 1.26 bits per heavy atom. The Labute approximate surface area is 112 Å². The molecule has 0 saturated heterocycles. The topological polar surface area (TPSA) is 88.7 Å². The standard InChI is InChI=1S/C14H14N4O/c1-9-4-5-13(17-8-12(6-15)7-16)10(2)14(9)18-11(3)19/h4-5,8,17H,1-3H3,(H,18,19). The molecule has 1 rings (SSSR count). The van der Waals surface area contributed by atoms with Gasteiger partial charge in [-0.15, -0.1) is 0 Å². The monoisotopic (exact) mass is 254 g/mol. The molecule has 1 aromatic rings. The molecule has 5 nitrogen and oxygen atoms in total. The van der Waals surface area contributed by atoms with Crippen molar-refractivity contribution in [2.45, 2.75) is 20.8 Å². The Morgan fingerprint density at radius 2 is 1.89 bits per heavy atom. The highest BCUT2D eigenvalue weighted by Crippen LogP contribution is 2.27. The molecular formula is C14H14N4O. The largest absolute Gasteiger partial charge is 0.360 e. The number of carbonyl (C=O) groups is 1. The van der Waals surface area contributed by atoms with Crippen LogP contribution in [0.5, 0.6) is 0 Å². The summed E-state index contributed by atoms with van der Waals surface area (Å²) < 4.78 is 0. The van der Waals surface area contributed by atoms with Gasteiger partial charge in [-0.3, -0.25) is 4.79 Å². The normalized spacial score (nSPS) is 8.89. The maximum absolute atomic E-state index is 11.2. The van der Waals surface area contributed by atoms with Gasteiger partial charge in [0.1, 0.15) is 17.7 Å². The summed E-state index contributed by atoms with van der Waals surface area (Å²) in [5.41, 5.74) is 3.25. The van der Waals surface area contributed by atoms with E-state index in [0.29, 0.717) is 0 Å². The number of anilines is 2. The third kappa shape index (κ3) is 3.58. The predicted octanol–water partition coefficient (Wildman–Crippen LogP) is 2.60. The number of hydrogen-bond donors (Lipinski definition) is 2. The second-order valence-corrected chi connectivity index (χ2v) is 4.04. The molecule has 0 atom stereocenters. The first-order valence-corrected chi connectivity index (χ1v) is 5.64. The quantitative estimate of drug-likeness (QED) is 0.811. The van der Waals surface area contributed by atoms with Crippen LogP contribution in [-0.4, -0.2) is 5.91 Å². The summed E-state index contributed by atoms with van der Waals surface area (Å²) in [6, 6.07) is 7.22. The summed E-state index contributed by atoms with van der Waals surface area (Å²) in [6.07, 6.45) is 1.34. The Balaban J connectivity index is 3.12. The van der Waals surface area contributed by atoms with Crippen molar-refractivity contribution in [2.24, 2.45) is 0 Å². The van der Waals surface area contributed by atoms with Crippen molar-refractivity contribution in [3.8, 4) is 12.1 Å². The average molecular weight is 254 g/mol. The summed E-state index contributed by atoms with van der Waals surface area (Å²) in [7, 11) is 0. The number of aryl methyl sites for hydroxylation is 1. The molecule has 0 radical (unpaired) electrons. The van der Waals surface area contributed by atoms with E-state index in [1.807, 2.05) is 26.0 Å². The molecule has 0 saturated carbocycles. The zero-order valence-corrected chi connectivity index (χ0v) is 11.0. The molecule has 1 amide bonds. The minimum absolute atomic E-state index is 0.0129. The number of amides is 1. The van der Waals surface area contributed by atoms with Crippen LogP contribution in [0.3, 0.4) is 0 Å². The smallest absolute Gasteiger partial charge is 0.221 e. The molecular weight excluding hydrogens is 240 g/mol. The second-order valence-electron chi connectivity index (χ2n) is 4.04. The lowest BCUT2D eigenvalue weighted by Crippen LogP contribution is -2.09. The molecule has 0 aliphatic heterocycles. The third-order valence-corrected chi connectivity index (χ3v) is 2.59. The van der Waals surface area contributed by atoms with Crippen molar-refractivity contribution in [2.75, 3.05) is 10.6 Å². The number of hydrogen-bond acceptors (Lipinski definition) is 4. The predicted molar refractivity (Wildman–Crippen MR) is 73.2 cm³/mol. The number of rotatable bonds is 3. The van der Waals surface area contributed by atoms with Crippen LogP contribution < -0.4 is 10.6 Å². The maximum atomic E-state index is 11.2. The zero-order valence-electron chi connectivity index (χ0n) is 11.0. The van der Waals surface area contributed by atoms with Gasteiger partial charge in [-0.25, -0.2) is 0 Å². The van der Waals surface area contributed by atoms with Crippen molar-refractivity contribution in [3.63, 3.8) is 0 Å². The lowest BCUT2D eigenvalue weighted by Gasteiger charge is -2.14. The molecule has 2 N–H and O–H groups in total.